The lowest BCUT2D eigenvalue weighted by atomic mass is 10.2. The van der Waals surface area contributed by atoms with Gasteiger partial charge >= 0.3 is 0 Å². The van der Waals surface area contributed by atoms with E-state index in [0.717, 1.165) is 5.69 Å². The minimum atomic E-state index is -0.223. The second kappa shape index (κ2) is 5.64. The molecule has 0 saturated heterocycles. The third-order valence-corrected chi connectivity index (χ3v) is 2.73. The lowest BCUT2D eigenvalue weighted by molar-refractivity contribution is 0.0951. The fraction of sp³-hybridized carbons (Fsp3) is 0.250. The van der Waals surface area contributed by atoms with E-state index in [9.17, 15) is 4.79 Å². The molecule has 0 spiro atoms. The lowest BCUT2D eigenvalue weighted by Crippen LogP contribution is -2.27. The first-order valence-electron chi connectivity index (χ1n) is 5.54. The topological polar surface area (TPSA) is 59.8 Å². The van der Waals surface area contributed by atoms with Crippen LogP contribution in [0.25, 0.3) is 0 Å². The van der Waals surface area contributed by atoms with Crippen molar-refractivity contribution in [3.8, 4) is 0 Å². The maximum Gasteiger partial charge on any atom is 0.254 e. The molecule has 0 unspecified atom stereocenters. The smallest absolute Gasteiger partial charge is 0.254 e. The Morgan fingerprint density at radius 2 is 2.39 bits per heavy atom. The van der Waals surface area contributed by atoms with E-state index in [1.807, 2.05) is 19.2 Å². The van der Waals surface area contributed by atoms with E-state index < -0.39 is 0 Å². The fourth-order valence-electron chi connectivity index (χ4n) is 1.51. The van der Waals surface area contributed by atoms with Gasteiger partial charge in [0, 0.05) is 30.8 Å². The molecule has 0 saturated carbocycles. The molecule has 0 radical (unpaired) electrons. The van der Waals surface area contributed by atoms with Crippen molar-refractivity contribution in [1.82, 2.24) is 20.1 Å². The van der Waals surface area contributed by atoms with Crippen molar-refractivity contribution in [3.63, 3.8) is 0 Å². The van der Waals surface area contributed by atoms with Gasteiger partial charge in [-0.15, -0.1) is 0 Å². The Morgan fingerprint density at radius 3 is 3.06 bits per heavy atom. The first kappa shape index (κ1) is 12.6. The summed E-state index contributed by atoms with van der Waals surface area (Å²) in [6.45, 7) is 2.94. The summed E-state index contributed by atoms with van der Waals surface area (Å²) in [5.41, 5.74) is 1.18. The maximum atomic E-state index is 11.8. The van der Waals surface area contributed by atoms with Crippen LogP contribution in [0.15, 0.2) is 30.7 Å². The number of carbonyl (C=O) groups excluding carboxylic acids is 1. The zero-order chi connectivity index (χ0) is 13.0. The minimum absolute atomic E-state index is 0.223. The Bertz CT molecular complexity index is 539. The second-order valence-corrected chi connectivity index (χ2v) is 4.24. The van der Waals surface area contributed by atoms with E-state index in [4.69, 9.17) is 11.6 Å². The van der Waals surface area contributed by atoms with Crippen LogP contribution in [-0.4, -0.2) is 27.2 Å². The van der Waals surface area contributed by atoms with E-state index in [-0.39, 0.29) is 5.91 Å². The predicted molar refractivity (Wildman–Crippen MR) is 68.5 cm³/mol. The average molecular weight is 265 g/mol. The number of hydrogen-bond donors (Lipinski definition) is 1. The van der Waals surface area contributed by atoms with Crippen LogP contribution in [0.3, 0.4) is 0 Å². The summed E-state index contributed by atoms with van der Waals surface area (Å²) in [5, 5.41) is 7.23. The Kier molecular flexibility index (Phi) is 3.94. The number of amides is 1. The quantitative estimate of drug-likeness (QED) is 0.914. The predicted octanol–water partition coefficient (Wildman–Crippen LogP) is 1.67. The number of rotatable bonds is 4. The van der Waals surface area contributed by atoms with Gasteiger partial charge in [-0.3, -0.25) is 14.5 Å². The monoisotopic (exact) mass is 264 g/mol. The van der Waals surface area contributed by atoms with Crippen LogP contribution in [0.5, 0.6) is 0 Å². The fourth-order valence-corrected chi connectivity index (χ4v) is 1.80. The van der Waals surface area contributed by atoms with Gasteiger partial charge in [0.25, 0.3) is 5.91 Å². The molecular weight excluding hydrogens is 252 g/mol. The molecule has 94 valence electrons. The summed E-state index contributed by atoms with van der Waals surface area (Å²) in [6.07, 6.45) is 5.02. The van der Waals surface area contributed by atoms with Crippen molar-refractivity contribution in [1.29, 1.82) is 0 Å². The van der Waals surface area contributed by atoms with Crippen molar-refractivity contribution in [2.45, 2.75) is 13.5 Å². The molecule has 6 heteroatoms. The van der Waals surface area contributed by atoms with Crippen molar-refractivity contribution >= 4 is 17.5 Å². The Balaban J connectivity index is 1.91. The first-order valence-corrected chi connectivity index (χ1v) is 5.92. The molecule has 1 amide bonds. The molecule has 0 aliphatic carbocycles. The molecule has 2 heterocycles. The van der Waals surface area contributed by atoms with Crippen LogP contribution in [-0.2, 0) is 6.54 Å². The van der Waals surface area contributed by atoms with Gasteiger partial charge in [0.2, 0.25) is 0 Å². The number of aryl methyl sites for hydroxylation is 1. The third kappa shape index (κ3) is 3.07. The Hall–Kier alpha value is -1.88. The van der Waals surface area contributed by atoms with Crippen molar-refractivity contribution < 1.29 is 4.79 Å². The van der Waals surface area contributed by atoms with Gasteiger partial charge in [-0.25, -0.2) is 0 Å². The largest absolute Gasteiger partial charge is 0.350 e. The number of carbonyl (C=O) groups is 1. The van der Waals surface area contributed by atoms with Crippen molar-refractivity contribution in [2.75, 3.05) is 6.54 Å². The molecule has 0 bridgehead atoms. The number of aromatic nitrogens is 3. The normalized spacial score (nSPS) is 10.3. The Morgan fingerprint density at radius 1 is 1.56 bits per heavy atom. The highest BCUT2D eigenvalue weighted by molar-refractivity contribution is 6.33. The molecule has 0 atom stereocenters. The number of nitrogens with one attached hydrogen (secondary N) is 1. The second-order valence-electron chi connectivity index (χ2n) is 3.83. The van der Waals surface area contributed by atoms with Crippen LogP contribution in [0.2, 0.25) is 5.02 Å². The highest BCUT2D eigenvalue weighted by Crippen LogP contribution is 2.15. The number of hydrogen-bond acceptors (Lipinski definition) is 3. The molecule has 0 aromatic carbocycles. The summed E-state index contributed by atoms with van der Waals surface area (Å²) >= 11 is 5.98. The molecular formula is C12H13ClN4O. The molecule has 0 fully saturated rings. The number of pyridine rings is 1. The summed E-state index contributed by atoms with van der Waals surface area (Å²) in [5.74, 6) is -0.223. The van der Waals surface area contributed by atoms with E-state index in [0.29, 0.717) is 23.7 Å². The standard InChI is InChI=1S/C12H13ClN4O/c1-9-7-11(13)10(8-15-9)12(18)14-4-6-17-5-2-3-16-17/h2-3,5,7-8H,4,6H2,1H3,(H,14,18). The minimum Gasteiger partial charge on any atom is -0.350 e. The molecule has 2 rings (SSSR count). The van der Waals surface area contributed by atoms with E-state index in [1.54, 1.807) is 16.9 Å². The van der Waals surface area contributed by atoms with Gasteiger partial charge in [0.1, 0.15) is 0 Å². The summed E-state index contributed by atoms with van der Waals surface area (Å²) in [6, 6.07) is 3.51. The molecule has 2 aromatic heterocycles. The number of nitrogens with zero attached hydrogens (tertiary/aromatic N) is 3. The summed E-state index contributed by atoms with van der Waals surface area (Å²) in [7, 11) is 0. The molecule has 0 aliphatic rings. The van der Waals surface area contributed by atoms with Gasteiger partial charge in [-0.1, -0.05) is 11.6 Å². The summed E-state index contributed by atoms with van der Waals surface area (Å²) < 4.78 is 1.75. The molecule has 5 nitrogen and oxygen atoms in total. The van der Waals surface area contributed by atoms with E-state index in [1.165, 1.54) is 6.20 Å². The lowest BCUT2D eigenvalue weighted by Gasteiger charge is -2.07. The van der Waals surface area contributed by atoms with Crippen molar-refractivity contribution in [2.24, 2.45) is 0 Å². The Labute approximate surface area is 110 Å². The van der Waals surface area contributed by atoms with Crippen LogP contribution in [0.1, 0.15) is 16.1 Å². The first-order chi connectivity index (χ1) is 8.66. The van der Waals surface area contributed by atoms with Crippen LogP contribution in [0, 0.1) is 6.92 Å². The third-order valence-electron chi connectivity index (χ3n) is 2.42. The number of halogens is 1. The SMILES string of the molecule is Cc1cc(Cl)c(C(=O)NCCn2cccn2)cn1. The van der Waals surface area contributed by atoms with Crippen LogP contribution >= 0.6 is 11.6 Å². The van der Waals surface area contributed by atoms with Gasteiger partial charge in [-0.05, 0) is 19.1 Å². The van der Waals surface area contributed by atoms with Gasteiger partial charge in [-0.2, -0.15) is 5.10 Å². The summed E-state index contributed by atoms with van der Waals surface area (Å²) in [4.78, 5) is 15.9. The van der Waals surface area contributed by atoms with E-state index in [2.05, 4.69) is 15.4 Å². The highest BCUT2D eigenvalue weighted by Gasteiger charge is 2.10. The molecule has 18 heavy (non-hydrogen) atoms. The van der Waals surface area contributed by atoms with Gasteiger partial charge in [0.15, 0.2) is 0 Å². The average Bonchev–Trinajstić information content (AvgIpc) is 2.81. The highest BCUT2D eigenvalue weighted by atomic mass is 35.5. The van der Waals surface area contributed by atoms with Gasteiger partial charge < -0.3 is 5.32 Å². The maximum absolute atomic E-state index is 11.8. The van der Waals surface area contributed by atoms with Crippen molar-refractivity contribution in [3.05, 3.63) is 47.0 Å². The molecule has 0 aliphatic heterocycles. The van der Waals surface area contributed by atoms with Gasteiger partial charge in [0.05, 0.1) is 17.1 Å². The molecule has 2 aromatic rings. The zero-order valence-electron chi connectivity index (χ0n) is 9.93. The van der Waals surface area contributed by atoms with E-state index >= 15 is 0 Å². The van der Waals surface area contributed by atoms with Crippen LogP contribution < -0.4 is 5.32 Å². The van der Waals surface area contributed by atoms with Crippen LogP contribution in [0.4, 0.5) is 0 Å². The molecule has 1 N–H and O–H groups in total. The zero-order valence-corrected chi connectivity index (χ0v) is 10.7.